The first kappa shape index (κ1) is 20.9. The van der Waals surface area contributed by atoms with Crippen LogP contribution in [-0.4, -0.2) is 45.7 Å². The van der Waals surface area contributed by atoms with E-state index >= 15 is 0 Å². The van der Waals surface area contributed by atoms with E-state index in [1.807, 2.05) is 25.1 Å². The molecule has 1 saturated heterocycles. The van der Waals surface area contributed by atoms with Crippen LogP contribution in [0, 0.1) is 6.92 Å². The Morgan fingerprint density at radius 1 is 1.04 bits per heavy atom. The van der Waals surface area contributed by atoms with Crippen LogP contribution >= 0.6 is 23.2 Å². The van der Waals surface area contributed by atoms with Crippen LogP contribution < -0.4 is 19.9 Å². The lowest BCUT2D eigenvalue weighted by atomic mass is 10.2. The maximum absolute atomic E-state index is 12.5. The van der Waals surface area contributed by atoms with Gasteiger partial charge < -0.3 is 19.9 Å². The molecule has 0 aliphatic carbocycles. The summed E-state index contributed by atoms with van der Waals surface area (Å²) in [5.74, 6) is 0.829. The molecule has 150 valence electrons. The lowest BCUT2D eigenvalue weighted by Gasteiger charge is -2.29. The van der Waals surface area contributed by atoms with E-state index in [4.69, 9.17) is 27.9 Å². The number of methoxy groups -OCH3 is 1. The predicted octanol–water partition coefficient (Wildman–Crippen LogP) is 1.23. The molecule has 2 aromatic rings. The third-order valence-corrected chi connectivity index (χ3v) is 6.04. The monoisotopic (exact) mass is 423 g/mol. The fraction of sp³-hybridized carbons (Fsp3) is 0.381. The molecule has 0 radical (unpaired) electrons. The van der Waals surface area contributed by atoms with E-state index in [-0.39, 0.29) is 5.91 Å². The highest BCUT2D eigenvalue weighted by atomic mass is 35.5. The molecular weight excluding hydrogens is 397 g/mol. The second-order valence-electron chi connectivity index (χ2n) is 7.30. The van der Waals surface area contributed by atoms with Gasteiger partial charge in [-0.1, -0.05) is 29.3 Å². The number of quaternary nitrogens is 2. The van der Waals surface area contributed by atoms with Gasteiger partial charge in [0.2, 0.25) is 0 Å². The van der Waals surface area contributed by atoms with E-state index in [2.05, 4.69) is 17.4 Å². The van der Waals surface area contributed by atoms with Crippen molar-refractivity contribution >= 4 is 34.8 Å². The van der Waals surface area contributed by atoms with Gasteiger partial charge in [0, 0.05) is 5.56 Å². The number of benzene rings is 2. The Morgan fingerprint density at radius 2 is 1.68 bits per heavy atom. The van der Waals surface area contributed by atoms with Gasteiger partial charge in [0.15, 0.2) is 6.54 Å². The van der Waals surface area contributed by atoms with Gasteiger partial charge in [0.25, 0.3) is 5.91 Å². The minimum Gasteiger partial charge on any atom is -0.497 e. The zero-order chi connectivity index (χ0) is 20.1. The summed E-state index contributed by atoms with van der Waals surface area (Å²) in [7, 11) is 1.68. The average Bonchev–Trinajstić information content (AvgIpc) is 2.70. The molecule has 0 atom stereocenters. The lowest BCUT2D eigenvalue weighted by molar-refractivity contribution is -1.02. The molecule has 3 rings (SSSR count). The Bertz CT molecular complexity index is 819. The number of hydrogen-bond donors (Lipinski definition) is 3. The van der Waals surface area contributed by atoms with Crippen molar-refractivity contribution < 1.29 is 19.3 Å². The number of anilines is 1. The molecule has 0 bridgehead atoms. The van der Waals surface area contributed by atoms with E-state index in [1.165, 1.54) is 10.5 Å². The fourth-order valence-electron chi connectivity index (χ4n) is 3.52. The number of ether oxygens (including phenoxy) is 1. The predicted molar refractivity (Wildman–Crippen MR) is 113 cm³/mol. The van der Waals surface area contributed by atoms with Crippen LogP contribution in [0.2, 0.25) is 10.0 Å². The van der Waals surface area contributed by atoms with Crippen molar-refractivity contribution in [1.29, 1.82) is 0 Å². The van der Waals surface area contributed by atoms with Gasteiger partial charge >= 0.3 is 0 Å². The molecule has 3 N–H and O–H groups in total. The van der Waals surface area contributed by atoms with Gasteiger partial charge in [-0.2, -0.15) is 0 Å². The minimum absolute atomic E-state index is 0.0528. The molecule has 1 aliphatic rings. The summed E-state index contributed by atoms with van der Waals surface area (Å²) in [6.07, 6.45) is 0. The number of halogens is 2. The fourth-order valence-corrected chi connectivity index (χ4v) is 3.99. The Morgan fingerprint density at radius 3 is 2.32 bits per heavy atom. The number of hydrogen-bond acceptors (Lipinski definition) is 2. The zero-order valence-electron chi connectivity index (χ0n) is 16.3. The van der Waals surface area contributed by atoms with Crippen molar-refractivity contribution in [3.8, 4) is 5.75 Å². The maximum Gasteiger partial charge on any atom is 0.279 e. The highest BCUT2D eigenvalue weighted by Gasteiger charge is 2.25. The molecule has 0 spiro atoms. The van der Waals surface area contributed by atoms with E-state index in [0.29, 0.717) is 22.3 Å². The van der Waals surface area contributed by atoms with Crippen molar-refractivity contribution in [3.63, 3.8) is 0 Å². The topological polar surface area (TPSA) is 47.2 Å². The molecule has 1 amide bonds. The Balaban J connectivity index is 1.47. The molecular formula is C21H27Cl2N3O2+2. The number of amides is 1. The summed E-state index contributed by atoms with van der Waals surface area (Å²) in [6, 6.07) is 11.8. The Hall–Kier alpha value is -1.79. The van der Waals surface area contributed by atoms with E-state index in [9.17, 15) is 4.79 Å². The maximum atomic E-state index is 12.5. The lowest BCUT2D eigenvalue weighted by Crippen LogP contribution is -3.28. The summed E-state index contributed by atoms with van der Waals surface area (Å²) >= 11 is 12.5. The van der Waals surface area contributed by atoms with Crippen LogP contribution in [0.1, 0.15) is 11.1 Å². The molecule has 0 saturated carbocycles. The molecule has 2 aromatic carbocycles. The van der Waals surface area contributed by atoms with Gasteiger partial charge in [0.05, 0.1) is 22.8 Å². The first-order valence-corrected chi connectivity index (χ1v) is 10.3. The average molecular weight is 424 g/mol. The SMILES string of the molecule is COc1ccc(C[NH+]2CC[NH+](CC(=O)Nc3c(Cl)ccc(C)c3Cl)CC2)cc1. The molecule has 5 nitrogen and oxygen atoms in total. The van der Waals surface area contributed by atoms with Gasteiger partial charge in [-0.15, -0.1) is 0 Å². The quantitative estimate of drug-likeness (QED) is 0.654. The van der Waals surface area contributed by atoms with Crippen LogP contribution in [0.5, 0.6) is 5.75 Å². The van der Waals surface area contributed by atoms with E-state index in [1.54, 1.807) is 18.1 Å². The van der Waals surface area contributed by atoms with Crippen molar-refractivity contribution in [1.82, 2.24) is 0 Å². The van der Waals surface area contributed by atoms with Crippen LogP contribution in [0.15, 0.2) is 36.4 Å². The second-order valence-corrected chi connectivity index (χ2v) is 8.09. The molecule has 28 heavy (non-hydrogen) atoms. The number of piperazine rings is 1. The molecule has 0 unspecified atom stereocenters. The van der Waals surface area contributed by atoms with Crippen LogP contribution in [0.4, 0.5) is 5.69 Å². The largest absolute Gasteiger partial charge is 0.497 e. The number of rotatable bonds is 6. The number of carbonyl (C=O) groups is 1. The summed E-state index contributed by atoms with van der Waals surface area (Å²) < 4.78 is 5.21. The molecule has 7 heteroatoms. The Labute approximate surface area is 176 Å². The number of aryl methyl sites for hydroxylation is 1. The third kappa shape index (κ3) is 5.39. The van der Waals surface area contributed by atoms with Crippen LogP contribution in [0.25, 0.3) is 0 Å². The van der Waals surface area contributed by atoms with E-state index in [0.717, 1.165) is 44.0 Å². The van der Waals surface area contributed by atoms with Gasteiger partial charge in [-0.3, -0.25) is 4.79 Å². The normalized spacial score (nSPS) is 19.3. The number of carbonyl (C=O) groups excluding carboxylic acids is 1. The van der Waals surface area contributed by atoms with Gasteiger partial charge in [-0.25, -0.2) is 0 Å². The molecule has 1 fully saturated rings. The summed E-state index contributed by atoms with van der Waals surface area (Å²) in [5.41, 5.74) is 2.71. The van der Waals surface area contributed by atoms with Crippen LogP contribution in [0.3, 0.4) is 0 Å². The molecule has 0 aromatic heterocycles. The highest BCUT2D eigenvalue weighted by molar-refractivity contribution is 6.40. The van der Waals surface area contributed by atoms with E-state index < -0.39 is 0 Å². The van der Waals surface area contributed by atoms with Crippen molar-refractivity contribution in [2.75, 3.05) is 45.2 Å². The zero-order valence-corrected chi connectivity index (χ0v) is 17.8. The van der Waals surface area contributed by atoms with Gasteiger partial charge in [-0.05, 0) is 42.8 Å². The first-order chi connectivity index (χ1) is 13.5. The number of nitrogens with one attached hydrogen (secondary N) is 3. The second kappa shape index (κ2) is 9.61. The minimum atomic E-state index is -0.0528. The molecule has 1 aliphatic heterocycles. The van der Waals surface area contributed by atoms with Crippen molar-refractivity contribution in [2.24, 2.45) is 0 Å². The van der Waals surface area contributed by atoms with Crippen molar-refractivity contribution in [2.45, 2.75) is 13.5 Å². The first-order valence-electron chi connectivity index (χ1n) is 9.50. The smallest absolute Gasteiger partial charge is 0.279 e. The van der Waals surface area contributed by atoms with Gasteiger partial charge in [0.1, 0.15) is 38.5 Å². The highest BCUT2D eigenvalue weighted by Crippen LogP contribution is 2.32. The van der Waals surface area contributed by atoms with Crippen molar-refractivity contribution in [3.05, 3.63) is 57.6 Å². The third-order valence-electron chi connectivity index (χ3n) is 5.24. The standard InChI is InChI=1S/C21H25Cl2N3O2/c1-15-3-8-18(22)21(20(15)23)24-19(27)14-26-11-9-25(10-12-26)13-16-4-6-17(28-2)7-5-16/h3-8H,9-14H2,1-2H3,(H,24,27)/p+2. The van der Waals surface area contributed by atoms with Crippen LogP contribution in [-0.2, 0) is 11.3 Å². The summed E-state index contributed by atoms with van der Waals surface area (Å²) in [6.45, 7) is 7.34. The Kier molecular flexibility index (Phi) is 7.18. The summed E-state index contributed by atoms with van der Waals surface area (Å²) in [5, 5.41) is 3.86. The summed E-state index contributed by atoms with van der Waals surface area (Å²) in [4.78, 5) is 15.3. The molecule has 1 heterocycles.